The van der Waals surface area contributed by atoms with Crippen LogP contribution in [0.5, 0.6) is 0 Å². The highest BCUT2D eigenvalue weighted by atomic mass is 35.5. The molecule has 0 unspecified atom stereocenters. The molecule has 1 nitrogen and oxygen atoms in total. The van der Waals surface area contributed by atoms with Gasteiger partial charge >= 0.3 is 0 Å². The van der Waals surface area contributed by atoms with Gasteiger partial charge in [-0.05, 0) is 45.4 Å². The number of hydrogen-bond acceptors (Lipinski definition) is 1. The van der Waals surface area contributed by atoms with Gasteiger partial charge in [0.1, 0.15) is 0 Å². The van der Waals surface area contributed by atoms with Crippen molar-refractivity contribution in [3.05, 3.63) is 0 Å². The maximum Gasteiger partial charge on any atom is 0.0594 e. The number of rotatable bonds is 22. The molecule has 3 heteroatoms. The minimum atomic E-state index is -0.644. The van der Waals surface area contributed by atoms with Crippen LogP contribution in [0.4, 0.5) is 0 Å². The lowest BCUT2D eigenvalue weighted by Gasteiger charge is -2.27. The largest absolute Gasteiger partial charge is 0.344 e. The predicted molar refractivity (Wildman–Crippen MR) is 144 cm³/mol. The quantitative estimate of drug-likeness (QED) is 0.128. The molecule has 0 radical (unpaired) electrons. The van der Waals surface area contributed by atoms with Gasteiger partial charge in [0.25, 0.3) is 0 Å². The lowest BCUT2D eigenvalue weighted by atomic mass is 10.1. The Balaban J connectivity index is -0.00000338. The SMILES string of the molecule is CCCCCCCC[P+](CC)(CCCCCCCC)CCCCCCCC.Cl.N. The van der Waals surface area contributed by atoms with Crippen LogP contribution in [0, 0.1) is 0 Å². The fraction of sp³-hybridized carbons (Fsp3) is 1.00. The van der Waals surface area contributed by atoms with E-state index in [4.69, 9.17) is 0 Å². The van der Waals surface area contributed by atoms with E-state index in [9.17, 15) is 0 Å². The molecule has 0 aliphatic rings. The van der Waals surface area contributed by atoms with E-state index >= 15 is 0 Å². The summed E-state index contributed by atoms with van der Waals surface area (Å²) in [6.45, 7) is 9.52. The molecule has 0 heterocycles. The van der Waals surface area contributed by atoms with E-state index in [0.717, 1.165) is 0 Å². The minimum absolute atomic E-state index is 0. The summed E-state index contributed by atoms with van der Waals surface area (Å²) in [5, 5.41) is 0. The van der Waals surface area contributed by atoms with Crippen molar-refractivity contribution in [2.75, 3.05) is 24.6 Å². The van der Waals surface area contributed by atoms with Crippen LogP contribution < -0.4 is 6.15 Å². The van der Waals surface area contributed by atoms with Gasteiger partial charge in [-0.2, -0.15) is 0 Å². The van der Waals surface area contributed by atoms with Gasteiger partial charge in [0.05, 0.1) is 24.6 Å². The first kappa shape index (κ1) is 34.3. The zero-order valence-electron chi connectivity index (χ0n) is 21.1. The molecule has 0 aliphatic carbocycles. The van der Waals surface area contributed by atoms with Gasteiger partial charge in [0, 0.05) is 7.26 Å². The second-order valence-electron chi connectivity index (χ2n) is 9.13. The minimum Gasteiger partial charge on any atom is -0.344 e. The second kappa shape index (κ2) is 26.7. The van der Waals surface area contributed by atoms with Crippen molar-refractivity contribution in [3.63, 3.8) is 0 Å². The molecule has 0 aliphatic heterocycles. The average Bonchev–Trinajstić information content (AvgIpc) is 2.69. The summed E-state index contributed by atoms with van der Waals surface area (Å²) in [5.74, 6) is 0. The van der Waals surface area contributed by atoms with E-state index in [2.05, 4.69) is 27.7 Å². The zero-order chi connectivity index (χ0) is 20.1. The molecule has 0 saturated carbocycles. The Kier molecular flexibility index (Phi) is 31.6. The van der Waals surface area contributed by atoms with Gasteiger partial charge in [0.15, 0.2) is 0 Å². The van der Waals surface area contributed by atoms with Gasteiger partial charge in [0.2, 0.25) is 0 Å². The Morgan fingerprint density at radius 3 is 0.862 bits per heavy atom. The van der Waals surface area contributed by atoms with Crippen LogP contribution in [0.1, 0.15) is 143 Å². The van der Waals surface area contributed by atoms with E-state index in [-0.39, 0.29) is 18.6 Å². The molecule has 0 aromatic rings. The Morgan fingerprint density at radius 1 is 0.379 bits per heavy atom. The number of halogens is 1. The summed E-state index contributed by atoms with van der Waals surface area (Å²) in [4.78, 5) is 0. The Morgan fingerprint density at radius 2 is 0.621 bits per heavy atom. The molecule has 0 rings (SSSR count). The average molecular weight is 453 g/mol. The molecule has 0 amide bonds. The first-order chi connectivity index (χ1) is 13.2. The lowest BCUT2D eigenvalue weighted by Crippen LogP contribution is -2.11. The van der Waals surface area contributed by atoms with E-state index < -0.39 is 7.26 Å². The molecular weight excluding hydrogens is 393 g/mol. The van der Waals surface area contributed by atoms with Crippen molar-refractivity contribution in [1.29, 1.82) is 0 Å². The highest BCUT2D eigenvalue weighted by Crippen LogP contribution is 2.60. The van der Waals surface area contributed by atoms with Crippen molar-refractivity contribution in [1.82, 2.24) is 6.15 Å². The van der Waals surface area contributed by atoms with Crippen molar-refractivity contribution in [3.8, 4) is 0 Å². The molecule has 0 aromatic heterocycles. The van der Waals surface area contributed by atoms with E-state index in [1.807, 2.05) is 0 Å². The van der Waals surface area contributed by atoms with Crippen LogP contribution >= 0.6 is 19.7 Å². The van der Waals surface area contributed by atoms with Gasteiger partial charge < -0.3 is 6.15 Å². The van der Waals surface area contributed by atoms with Crippen LogP contribution in [-0.2, 0) is 0 Å². The van der Waals surface area contributed by atoms with Crippen LogP contribution in [-0.4, -0.2) is 24.6 Å². The molecule has 0 atom stereocenters. The van der Waals surface area contributed by atoms with Crippen molar-refractivity contribution in [2.45, 2.75) is 143 Å². The molecule has 0 fully saturated rings. The van der Waals surface area contributed by atoms with Crippen molar-refractivity contribution >= 4 is 19.7 Å². The Labute approximate surface area is 193 Å². The van der Waals surface area contributed by atoms with Crippen LogP contribution in [0.15, 0.2) is 0 Å². The smallest absolute Gasteiger partial charge is 0.0594 e. The molecule has 3 N–H and O–H groups in total. The fourth-order valence-corrected chi connectivity index (χ4v) is 8.80. The molecule has 0 saturated heterocycles. The summed E-state index contributed by atoms with van der Waals surface area (Å²) >= 11 is 0. The summed E-state index contributed by atoms with van der Waals surface area (Å²) in [5.41, 5.74) is 0. The first-order valence-corrected chi connectivity index (χ1v) is 15.6. The summed E-state index contributed by atoms with van der Waals surface area (Å²) in [6, 6.07) is 0. The molecule has 0 spiro atoms. The van der Waals surface area contributed by atoms with Crippen LogP contribution in [0.2, 0.25) is 0 Å². The first-order valence-electron chi connectivity index (χ1n) is 13.1. The number of hydrogen-bond donors (Lipinski definition) is 1. The zero-order valence-corrected chi connectivity index (χ0v) is 22.8. The normalized spacial score (nSPS) is 11.2. The van der Waals surface area contributed by atoms with Crippen LogP contribution in [0.25, 0.3) is 0 Å². The monoisotopic (exact) mass is 452 g/mol. The molecular formula is C26H60ClNP+. The van der Waals surface area contributed by atoms with E-state index in [1.54, 1.807) is 18.5 Å². The predicted octanol–water partition coefficient (Wildman–Crippen LogP) is 10.7. The maximum atomic E-state index is 2.54. The van der Waals surface area contributed by atoms with Crippen LogP contribution in [0.3, 0.4) is 0 Å². The summed E-state index contributed by atoms with van der Waals surface area (Å²) < 4.78 is 0. The lowest BCUT2D eigenvalue weighted by molar-refractivity contribution is 0.615. The molecule has 0 aromatic carbocycles. The summed E-state index contributed by atoms with van der Waals surface area (Å²) in [6.07, 6.45) is 32.9. The van der Waals surface area contributed by atoms with E-state index in [1.165, 1.54) is 122 Å². The van der Waals surface area contributed by atoms with Gasteiger partial charge in [-0.1, -0.05) is 97.8 Å². The second-order valence-corrected chi connectivity index (χ2v) is 13.8. The topological polar surface area (TPSA) is 35.0 Å². The van der Waals surface area contributed by atoms with Gasteiger partial charge in [-0.3, -0.25) is 0 Å². The third-order valence-corrected chi connectivity index (χ3v) is 11.8. The Bertz CT molecular complexity index is 245. The maximum absolute atomic E-state index is 2.54. The van der Waals surface area contributed by atoms with Gasteiger partial charge in [-0.25, -0.2) is 0 Å². The van der Waals surface area contributed by atoms with Gasteiger partial charge in [-0.15, -0.1) is 12.4 Å². The van der Waals surface area contributed by atoms with Crippen molar-refractivity contribution in [2.24, 2.45) is 0 Å². The standard InChI is InChI=1S/C26H56P.ClH.H3N/c1-5-9-12-15-18-21-24-27(8-4,25-22-19-16-13-10-6-2)26-23-20-17-14-11-7-3;;/h5-26H2,1-4H3;1H;1H3/q+1;;. The highest BCUT2D eigenvalue weighted by Gasteiger charge is 2.33. The third kappa shape index (κ3) is 21.7. The van der Waals surface area contributed by atoms with Crippen molar-refractivity contribution < 1.29 is 0 Å². The van der Waals surface area contributed by atoms with E-state index in [0.29, 0.717) is 0 Å². The molecule has 0 bridgehead atoms. The highest BCUT2D eigenvalue weighted by molar-refractivity contribution is 7.75. The third-order valence-electron chi connectivity index (χ3n) is 6.63. The number of unbranched alkanes of at least 4 members (excludes halogenated alkanes) is 15. The fourth-order valence-electron chi connectivity index (χ4n) is 4.49. The summed E-state index contributed by atoms with van der Waals surface area (Å²) in [7, 11) is -0.644. The Hall–Kier alpha value is 0.680. The molecule has 29 heavy (non-hydrogen) atoms. The molecule has 180 valence electrons.